The van der Waals surface area contributed by atoms with E-state index >= 15 is 0 Å². The van der Waals surface area contributed by atoms with Gasteiger partial charge in [-0.3, -0.25) is 5.32 Å². The van der Waals surface area contributed by atoms with Crippen LogP contribution in [0.2, 0.25) is 0 Å². The van der Waals surface area contributed by atoms with Crippen LogP contribution in [0.15, 0.2) is 66.7 Å². The third kappa shape index (κ3) is 3.59. The fourth-order valence-electron chi connectivity index (χ4n) is 3.84. The molecule has 0 aromatic heterocycles. The summed E-state index contributed by atoms with van der Waals surface area (Å²) < 4.78 is 5.50. The predicted molar refractivity (Wildman–Crippen MR) is 116 cm³/mol. The standard InChI is InChI=1S/C24H22N2O4/c1-26(2)15-11-12-22(20(13-15)23(27)28)25-24(29)30-14-21-18-9-5-3-7-16(18)17-8-4-6-10-19(17)21/h3-13,21H,14H2,1-2H3,(H,25,29)(H,27,28). The Morgan fingerprint density at radius 2 is 1.57 bits per heavy atom. The van der Waals surface area contributed by atoms with Gasteiger partial charge in [0.05, 0.1) is 11.3 Å². The van der Waals surface area contributed by atoms with E-state index in [4.69, 9.17) is 4.74 Å². The van der Waals surface area contributed by atoms with Crippen LogP contribution in [0.3, 0.4) is 0 Å². The van der Waals surface area contributed by atoms with Crippen molar-refractivity contribution in [3.63, 3.8) is 0 Å². The number of nitrogens with zero attached hydrogens (tertiary/aromatic N) is 1. The molecule has 3 aromatic carbocycles. The van der Waals surface area contributed by atoms with Crippen molar-refractivity contribution in [2.75, 3.05) is 30.9 Å². The van der Waals surface area contributed by atoms with Gasteiger partial charge in [-0.25, -0.2) is 9.59 Å². The second-order valence-electron chi connectivity index (χ2n) is 7.38. The lowest BCUT2D eigenvalue weighted by atomic mass is 9.98. The van der Waals surface area contributed by atoms with Crippen LogP contribution in [0.4, 0.5) is 16.2 Å². The number of amides is 1. The number of ether oxygens (including phenoxy) is 1. The number of benzene rings is 3. The van der Waals surface area contributed by atoms with Gasteiger partial charge in [0, 0.05) is 25.7 Å². The van der Waals surface area contributed by atoms with Gasteiger partial charge in [-0.05, 0) is 40.5 Å². The summed E-state index contributed by atoms with van der Waals surface area (Å²) in [6.45, 7) is 0.165. The van der Waals surface area contributed by atoms with Gasteiger partial charge in [0.15, 0.2) is 0 Å². The maximum Gasteiger partial charge on any atom is 0.411 e. The van der Waals surface area contributed by atoms with Crippen molar-refractivity contribution in [2.24, 2.45) is 0 Å². The largest absolute Gasteiger partial charge is 0.478 e. The Morgan fingerprint density at radius 1 is 0.967 bits per heavy atom. The average Bonchev–Trinajstić information content (AvgIpc) is 3.06. The van der Waals surface area contributed by atoms with E-state index in [2.05, 4.69) is 17.4 Å². The summed E-state index contributed by atoms with van der Waals surface area (Å²) in [5.41, 5.74) is 5.47. The van der Waals surface area contributed by atoms with E-state index in [1.807, 2.05) is 50.5 Å². The molecule has 30 heavy (non-hydrogen) atoms. The minimum atomic E-state index is -1.12. The molecule has 1 aliphatic rings. The number of hydrogen-bond donors (Lipinski definition) is 2. The first-order valence-electron chi connectivity index (χ1n) is 9.62. The number of aromatic carboxylic acids is 1. The lowest BCUT2D eigenvalue weighted by Gasteiger charge is -2.17. The van der Waals surface area contributed by atoms with Crippen molar-refractivity contribution in [2.45, 2.75) is 5.92 Å². The van der Waals surface area contributed by atoms with Crippen molar-refractivity contribution in [3.05, 3.63) is 83.4 Å². The SMILES string of the molecule is CN(C)c1ccc(NC(=O)OCC2c3ccccc3-c3ccccc32)c(C(=O)O)c1. The summed E-state index contributed by atoms with van der Waals surface area (Å²) >= 11 is 0. The van der Waals surface area contributed by atoms with Crippen LogP contribution in [0.1, 0.15) is 27.4 Å². The molecule has 3 aromatic rings. The quantitative estimate of drug-likeness (QED) is 0.640. The van der Waals surface area contributed by atoms with Gasteiger partial charge in [-0.15, -0.1) is 0 Å². The number of carbonyl (C=O) groups is 2. The highest BCUT2D eigenvalue weighted by Crippen LogP contribution is 2.44. The molecule has 0 spiro atoms. The van der Waals surface area contributed by atoms with E-state index in [1.165, 1.54) is 6.07 Å². The Hall–Kier alpha value is -3.80. The third-order valence-corrected chi connectivity index (χ3v) is 5.33. The lowest BCUT2D eigenvalue weighted by Crippen LogP contribution is -2.19. The Labute approximate surface area is 174 Å². The highest BCUT2D eigenvalue weighted by molar-refractivity contribution is 5.99. The van der Waals surface area contributed by atoms with Crippen LogP contribution in [-0.4, -0.2) is 37.9 Å². The summed E-state index contributed by atoms with van der Waals surface area (Å²) in [5.74, 6) is -1.18. The Bertz CT molecular complexity index is 1080. The molecule has 0 atom stereocenters. The molecular formula is C24H22N2O4. The highest BCUT2D eigenvalue weighted by atomic mass is 16.5. The van der Waals surface area contributed by atoms with Gasteiger partial charge in [-0.2, -0.15) is 0 Å². The zero-order chi connectivity index (χ0) is 21.3. The van der Waals surface area contributed by atoms with Gasteiger partial charge < -0.3 is 14.7 Å². The average molecular weight is 402 g/mol. The zero-order valence-electron chi connectivity index (χ0n) is 16.8. The fourth-order valence-corrected chi connectivity index (χ4v) is 3.84. The van der Waals surface area contributed by atoms with Crippen molar-refractivity contribution >= 4 is 23.4 Å². The molecule has 0 saturated heterocycles. The molecule has 2 N–H and O–H groups in total. The van der Waals surface area contributed by atoms with E-state index in [9.17, 15) is 14.7 Å². The van der Waals surface area contributed by atoms with Crippen molar-refractivity contribution < 1.29 is 19.4 Å². The minimum absolute atomic E-state index is 0.00899. The van der Waals surface area contributed by atoms with Gasteiger partial charge >= 0.3 is 12.1 Å². The molecule has 6 nitrogen and oxygen atoms in total. The minimum Gasteiger partial charge on any atom is -0.478 e. The predicted octanol–water partition coefficient (Wildman–Crippen LogP) is 4.81. The first kappa shape index (κ1) is 19.5. The van der Waals surface area contributed by atoms with E-state index in [0.717, 1.165) is 27.9 Å². The van der Waals surface area contributed by atoms with Crippen LogP contribution in [-0.2, 0) is 4.74 Å². The van der Waals surface area contributed by atoms with Crippen molar-refractivity contribution in [3.8, 4) is 11.1 Å². The smallest absolute Gasteiger partial charge is 0.411 e. The van der Waals surface area contributed by atoms with Gasteiger partial charge in [-0.1, -0.05) is 48.5 Å². The van der Waals surface area contributed by atoms with Crippen LogP contribution < -0.4 is 10.2 Å². The monoisotopic (exact) mass is 402 g/mol. The summed E-state index contributed by atoms with van der Waals surface area (Å²) in [6, 6.07) is 21.0. The third-order valence-electron chi connectivity index (χ3n) is 5.33. The molecule has 0 heterocycles. The number of fused-ring (bicyclic) bond motifs is 3. The van der Waals surface area contributed by atoms with Gasteiger partial charge in [0.1, 0.15) is 6.61 Å². The highest BCUT2D eigenvalue weighted by Gasteiger charge is 2.29. The Balaban J connectivity index is 1.51. The molecule has 0 aliphatic heterocycles. The second kappa shape index (κ2) is 7.91. The number of hydrogen-bond acceptors (Lipinski definition) is 4. The maximum atomic E-state index is 12.5. The summed E-state index contributed by atoms with van der Waals surface area (Å²) in [6.07, 6.45) is -0.683. The van der Waals surface area contributed by atoms with E-state index < -0.39 is 12.1 Å². The van der Waals surface area contributed by atoms with Crippen molar-refractivity contribution in [1.29, 1.82) is 0 Å². The molecule has 6 heteroatoms. The fraction of sp³-hybridized carbons (Fsp3) is 0.167. The number of carbonyl (C=O) groups excluding carboxylic acids is 1. The molecule has 0 fully saturated rings. The van der Waals surface area contributed by atoms with E-state index in [1.54, 1.807) is 17.0 Å². The number of anilines is 2. The first-order chi connectivity index (χ1) is 14.5. The Morgan fingerprint density at radius 3 is 2.13 bits per heavy atom. The number of rotatable bonds is 5. The summed E-state index contributed by atoms with van der Waals surface area (Å²) in [7, 11) is 3.64. The molecular weight excluding hydrogens is 380 g/mol. The zero-order valence-corrected chi connectivity index (χ0v) is 16.8. The lowest BCUT2D eigenvalue weighted by molar-refractivity contribution is 0.0698. The summed E-state index contributed by atoms with van der Waals surface area (Å²) in [5, 5.41) is 12.1. The van der Waals surface area contributed by atoms with Gasteiger partial charge in [0.25, 0.3) is 0 Å². The van der Waals surface area contributed by atoms with E-state index in [0.29, 0.717) is 0 Å². The van der Waals surface area contributed by atoms with Crippen LogP contribution in [0.25, 0.3) is 11.1 Å². The molecule has 0 bridgehead atoms. The molecule has 0 unspecified atom stereocenters. The Kier molecular flexibility index (Phi) is 5.14. The summed E-state index contributed by atoms with van der Waals surface area (Å²) in [4.78, 5) is 25.9. The maximum absolute atomic E-state index is 12.5. The van der Waals surface area contributed by atoms with Gasteiger partial charge in [0.2, 0.25) is 0 Å². The molecule has 152 valence electrons. The number of carboxylic acid groups (broad SMARTS) is 1. The number of nitrogens with one attached hydrogen (secondary N) is 1. The van der Waals surface area contributed by atoms with Crippen LogP contribution in [0.5, 0.6) is 0 Å². The molecule has 4 rings (SSSR count). The topological polar surface area (TPSA) is 78.9 Å². The number of carboxylic acids is 1. The normalized spacial score (nSPS) is 12.1. The van der Waals surface area contributed by atoms with E-state index in [-0.39, 0.29) is 23.8 Å². The second-order valence-corrected chi connectivity index (χ2v) is 7.38. The molecule has 0 saturated carbocycles. The van der Waals surface area contributed by atoms with Crippen LogP contribution >= 0.6 is 0 Å². The van der Waals surface area contributed by atoms with Crippen molar-refractivity contribution in [1.82, 2.24) is 0 Å². The molecule has 1 amide bonds. The first-order valence-corrected chi connectivity index (χ1v) is 9.62. The van der Waals surface area contributed by atoms with Crippen LogP contribution in [0, 0.1) is 0 Å². The molecule has 1 aliphatic carbocycles. The molecule has 0 radical (unpaired) electrons.